The van der Waals surface area contributed by atoms with Gasteiger partial charge in [0.1, 0.15) is 12.4 Å². The van der Waals surface area contributed by atoms with Crippen molar-refractivity contribution >= 4 is 9.53 Å². The third-order valence-corrected chi connectivity index (χ3v) is 4.25. The molecule has 28 heavy (non-hydrogen) atoms. The molecular formula is C20H29BrClN3O2Pd. The second-order valence-corrected chi connectivity index (χ2v) is 6.35. The Morgan fingerprint density at radius 1 is 1.29 bits per heavy atom. The van der Waals surface area contributed by atoms with Gasteiger partial charge in [-0.25, -0.2) is 9.13 Å². The number of allylic oxidation sites excluding steroid dienone is 5. The zero-order chi connectivity index (χ0) is 19.9. The normalized spacial score (nSPS) is 14.1. The summed E-state index contributed by atoms with van der Waals surface area (Å²) in [5.74, 6) is 0.838. The van der Waals surface area contributed by atoms with Crippen molar-refractivity contribution in [3.8, 4) is 0 Å². The van der Waals surface area contributed by atoms with E-state index in [0.29, 0.717) is 5.70 Å². The van der Waals surface area contributed by atoms with E-state index in [9.17, 15) is 4.91 Å². The third-order valence-electron chi connectivity index (χ3n) is 4.25. The van der Waals surface area contributed by atoms with Crippen molar-refractivity contribution in [3.05, 3.63) is 65.3 Å². The molecule has 160 valence electrons. The first kappa shape index (κ1) is 27.1. The molecule has 0 spiro atoms. The Balaban J connectivity index is 0.00000235. The summed E-state index contributed by atoms with van der Waals surface area (Å²) in [7, 11) is 4.49. The molecule has 5 nitrogen and oxygen atoms in total. The van der Waals surface area contributed by atoms with Gasteiger partial charge in [0.2, 0.25) is 6.33 Å². The minimum atomic E-state index is 0. The van der Waals surface area contributed by atoms with Crippen LogP contribution in [0.5, 0.6) is 0 Å². The Morgan fingerprint density at radius 2 is 2.07 bits per heavy atom. The number of nitrogens with zero attached hydrogens (tertiary/aromatic N) is 3. The molecule has 8 heteroatoms. The molecule has 0 saturated heterocycles. The van der Waals surface area contributed by atoms with Gasteiger partial charge in [-0.3, -0.25) is 0 Å². The van der Waals surface area contributed by atoms with E-state index in [1.165, 1.54) is 12.8 Å². The molecule has 1 aliphatic rings. The van der Waals surface area contributed by atoms with Gasteiger partial charge >= 0.3 is 27.7 Å². The Morgan fingerprint density at radius 3 is 2.71 bits per heavy atom. The fraction of sp³-hybridized carbons (Fsp3) is 0.500. The van der Waals surface area contributed by atoms with Crippen molar-refractivity contribution in [2.75, 3.05) is 6.61 Å². The van der Waals surface area contributed by atoms with Crippen molar-refractivity contribution in [1.29, 1.82) is 0 Å². The molecule has 0 fully saturated rings. The van der Waals surface area contributed by atoms with Crippen molar-refractivity contribution in [3.63, 3.8) is 0 Å². The predicted molar refractivity (Wildman–Crippen MR) is 105 cm³/mol. The van der Waals surface area contributed by atoms with Crippen LogP contribution in [0.3, 0.4) is 0 Å². The summed E-state index contributed by atoms with van der Waals surface area (Å²) in [6.45, 7) is 6.81. The first-order valence-electron chi connectivity index (χ1n) is 9.30. The second-order valence-electron chi connectivity index (χ2n) is 6.35. The SMILES string of the molecule is CCCCn1cc[n+](CCCCCOC2=C[CH-]/C(=C(/C)N=O)C=C2)c1.[Br-].[Cl][Pd+]. The maximum absolute atomic E-state index is 10.5. The number of unbranched alkanes of at least 4 members (excludes halogenated alkanes) is 3. The summed E-state index contributed by atoms with van der Waals surface area (Å²) >= 11 is 2.22. The standard InChI is InChI=1S/C20H29N3O2.BrH.ClH.Pd/c1-3-4-12-22-14-15-23(17-22)13-6-5-7-16-25-20-10-8-19(9-11-20)18(2)21-24;;;/h8-11,14-15,17H,3-7,12-13,16H2,1-2H3;2*1H;/q;;;+2/p-2. The number of nitroso groups, excluding NO2 is 1. The number of aryl methyl sites for hydroxylation is 2. The fourth-order valence-corrected chi connectivity index (χ4v) is 2.65. The zero-order valence-electron chi connectivity index (χ0n) is 16.4. The quantitative estimate of drug-likeness (QED) is 0.136. The average molecular weight is 565 g/mol. The van der Waals surface area contributed by atoms with E-state index in [4.69, 9.17) is 4.74 Å². The molecule has 0 N–H and O–H groups in total. The summed E-state index contributed by atoms with van der Waals surface area (Å²) < 4.78 is 10.3. The van der Waals surface area contributed by atoms with E-state index in [1.807, 2.05) is 24.6 Å². The van der Waals surface area contributed by atoms with Crippen LogP contribution in [0.4, 0.5) is 0 Å². The Kier molecular flexibility index (Phi) is 16.5. The molecule has 1 aliphatic carbocycles. The summed E-state index contributed by atoms with van der Waals surface area (Å²) in [5, 5.41) is 2.95. The van der Waals surface area contributed by atoms with Crippen molar-refractivity contribution in [2.24, 2.45) is 5.18 Å². The van der Waals surface area contributed by atoms with E-state index in [0.717, 1.165) is 50.3 Å². The monoisotopic (exact) mass is 563 g/mol. The molecule has 0 atom stereocenters. The van der Waals surface area contributed by atoms with Crippen LogP contribution in [0, 0.1) is 11.3 Å². The van der Waals surface area contributed by atoms with Crippen molar-refractivity contribution in [2.45, 2.75) is 59.0 Å². The summed E-state index contributed by atoms with van der Waals surface area (Å²) in [5.41, 5.74) is 1.33. The molecule has 0 bridgehead atoms. The van der Waals surface area contributed by atoms with E-state index >= 15 is 0 Å². The molecule has 1 aromatic heterocycles. The Hall–Kier alpha value is -0.868. The molecule has 0 aliphatic heterocycles. The topological polar surface area (TPSA) is 47.5 Å². The van der Waals surface area contributed by atoms with Crippen molar-refractivity contribution < 1.29 is 44.5 Å². The number of rotatable bonds is 11. The van der Waals surface area contributed by atoms with Crippen LogP contribution in [0.15, 0.2) is 59.2 Å². The average Bonchev–Trinajstić information content (AvgIpc) is 3.18. The van der Waals surface area contributed by atoms with Gasteiger partial charge in [0, 0.05) is 11.5 Å². The van der Waals surface area contributed by atoms with E-state index in [-0.39, 0.29) is 17.0 Å². The van der Waals surface area contributed by atoms with Crippen LogP contribution in [-0.2, 0) is 36.0 Å². The van der Waals surface area contributed by atoms with Crippen LogP contribution in [0.25, 0.3) is 0 Å². The number of ether oxygens (including phenoxy) is 1. The van der Waals surface area contributed by atoms with Crippen LogP contribution in [0.2, 0.25) is 0 Å². The van der Waals surface area contributed by atoms with Gasteiger partial charge in [0.25, 0.3) is 0 Å². The fourth-order valence-electron chi connectivity index (χ4n) is 2.65. The van der Waals surface area contributed by atoms with Gasteiger partial charge in [-0.05, 0) is 25.7 Å². The van der Waals surface area contributed by atoms with Gasteiger partial charge in [-0.2, -0.15) is 4.91 Å². The maximum atomic E-state index is 10.5. The van der Waals surface area contributed by atoms with Gasteiger partial charge in [0.05, 0.1) is 19.7 Å². The molecule has 0 amide bonds. The molecule has 0 unspecified atom stereocenters. The van der Waals surface area contributed by atoms with Crippen LogP contribution >= 0.6 is 9.53 Å². The minimum absolute atomic E-state index is 0. The predicted octanol–water partition coefficient (Wildman–Crippen LogP) is 2.15. The number of imidazole rings is 1. The molecule has 1 aromatic rings. The Labute approximate surface area is 194 Å². The van der Waals surface area contributed by atoms with Gasteiger partial charge in [0.15, 0.2) is 0 Å². The van der Waals surface area contributed by atoms with Gasteiger partial charge in [-0.15, -0.1) is 30.2 Å². The summed E-state index contributed by atoms with van der Waals surface area (Å²) in [4.78, 5) is 10.5. The number of aromatic nitrogens is 2. The first-order valence-corrected chi connectivity index (χ1v) is 11.3. The molecular weight excluding hydrogens is 536 g/mol. The molecule has 2 rings (SSSR count). The van der Waals surface area contributed by atoms with Gasteiger partial charge < -0.3 is 21.7 Å². The number of hydrogen-bond acceptors (Lipinski definition) is 3. The molecule has 0 radical (unpaired) electrons. The van der Waals surface area contributed by atoms with E-state index in [2.05, 4.69) is 67.7 Å². The summed E-state index contributed by atoms with van der Waals surface area (Å²) in [6.07, 6.45) is 19.8. The van der Waals surface area contributed by atoms with Crippen LogP contribution in [0.1, 0.15) is 46.0 Å². The molecule has 1 heterocycles. The number of halogens is 2. The second kappa shape index (κ2) is 17.0. The van der Waals surface area contributed by atoms with Crippen molar-refractivity contribution in [1.82, 2.24) is 4.57 Å². The van der Waals surface area contributed by atoms with Crippen LogP contribution < -0.4 is 21.5 Å². The first-order chi connectivity index (χ1) is 13.2. The van der Waals surface area contributed by atoms with E-state index < -0.39 is 0 Å². The number of hydrogen-bond donors (Lipinski definition) is 0. The third kappa shape index (κ3) is 10.6. The summed E-state index contributed by atoms with van der Waals surface area (Å²) in [6, 6.07) is 0. The van der Waals surface area contributed by atoms with E-state index in [1.54, 1.807) is 6.92 Å². The van der Waals surface area contributed by atoms with Crippen LogP contribution in [-0.4, -0.2) is 11.2 Å². The zero-order valence-corrected chi connectivity index (χ0v) is 20.3. The van der Waals surface area contributed by atoms with Gasteiger partial charge in [-0.1, -0.05) is 25.4 Å². The molecule has 0 aromatic carbocycles. The Bertz CT molecular complexity index is 660. The molecule has 0 saturated carbocycles.